The number of aryl methyl sites for hydroxylation is 1. The van der Waals surface area contributed by atoms with Crippen molar-refractivity contribution in [2.45, 2.75) is 24.3 Å². The van der Waals surface area contributed by atoms with Gasteiger partial charge in [-0.2, -0.15) is 0 Å². The lowest BCUT2D eigenvalue weighted by Gasteiger charge is -2.19. The zero-order valence-electron chi connectivity index (χ0n) is 17.6. The minimum absolute atomic E-state index is 0.177. The average molecular weight is 439 g/mol. The Hall–Kier alpha value is -3.03. The Morgan fingerprint density at radius 1 is 0.968 bits per heavy atom. The van der Waals surface area contributed by atoms with Crippen molar-refractivity contribution in [1.82, 2.24) is 0 Å². The summed E-state index contributed by atoms with van der Waals surface area (Å²) in [5, 5.41) is 0. The monoisotopic (exact) mass is 438 g/mol. The highest BCUT2D eigenvalue weighted by atomic mass is 32.2. The predicted molar refractivity (Wildman–Crippen MR) is 123 cm³/mol. The molecule has 3 aromatic carbocycles. The molecule has 1 N–H and O–H groups in total. The Kier molecular flexibility index (Phi) is 6.15. The summed E-state index contributed by atoms with van der Waals surface area (Å²) in [5.41, 5.74) is 2.59. The molecule has 3 aromatic rings. The molecular weight excluding hydrogens is 412 g/mol. The summed E-state index contributed by atoms with van der Waals surface area (Å²) in [6.45, 7) is 3.74. The molecule has 1 fully saturated rings. The van der Waals surface area contributed by atoms with E-state index in [9.17, 15) is 8.42 Å². The lowest BCUT2D eigenvalue weighted by molar-refractivity contribution is 0.121. The summed E-state index contributed by atoms with van der Waals surface area (Å²) in [4.78, 5) is 2.41. The summed E-state index contributed by atoms with van der Waals surface area (Å²) in [7, 11) is -1.97. The maximum Gasteiger partial charge on any atom is 0.261 e. The van der Waals surface area contributed by atoms with Crippen LogP contribution < -0.4 is 14.4 Å². The SMILES string of the molecule is COC1CCN(c2ccc(NS(=O)(=O)c3ccc(Oc4ccccc4C)cc3)cc2)C1. The summed E-state index contributed by atoms with van der Waals surface area (Å²) >= 11 is 0. The summed E-state index contributed by atoms with van der Waals surface area (Å²) in [6.07, 6.45) is 1.24. The van der Waals surface area contributed by atoms with Crippen molar-refractivity contribution in [3.8, 4) is 11.5 Å². The third kappa shape index (κ3) is 5.00. The number of nitrogens with zero attached hydrogens (tertiary/aromatic N) is 1. The van der Waals surface area contributed by atoms with Crippen molar-refractivity contribution in [1.29, 1.82) is 0 Å². The molecule has 162 valence electrons. The fourth-order valence-corrected chi connectivity index (χ4v) is 4.65. The van der Waals surface area contributed by atoms with Gasteiger partial charge in [0.1, 0.15) is 11.5 Å². The molecule has 0 spiro atoms. The number of methoxy groups -OCH3 is 1. The molecule has 1 unspecified atom stereocenters. The molecule has 0 radical (unpaired) electrons. The van der Waals surface area contributed by atoms with Gasteiger partial charge in [0.05, 0.1) is 11.0 Å². The molecule has 1 atom stereocenters. The molecule has 0 aromatic heterocycles. The van der Waals surface area contributed by atoms with Crippen LogP contribution in [-0.2, 0) is 14.8 Å². The maximum atomic E-state index is 12.8. The molecule has 0 bridgehead atoms. The van der Waals surface area contributed by atoms with E-state index in [-0.39, 0.29) is 11.0 Å². The first-order chi connectivity index (χ1) is 14.9. The highest BCUT2D eigenvalue weighted by molar-refractivity contribution is 7.92. The standard InChI is InChI=1S/C24H26N2O4S/c1-18-5-3-4-6-24(18)30-21-11-13-23(14-12-21)31(27,28)25-19-7-9-20(10-8-19)26-16-15-22(17-26)29-2/h3-14,22,25H,15-17H2,1-2H3. The molecule has 7 heteroatoms. The van der Waals surface area contributed by atoms with E-state index in [1.54, 1.807) is 43.5 Å². The second kappa shape index (κ2) is 8.99. The van der Waals surface area contributed by atoms with Crippen molar-refractivity contribution >= 4 is 21.4 Å². The molecule has 1 aliphatic rings. The molecule has 1 aliphatic heterocycles. The molecule has 31 heavy (non-hydrogen) atoms. The number of para-hydroxylation sites is 1. The Balaban J connectivity index is 1.42. The van der Waals surface area contributed by atoms with Gasteiger partial charge >= 0.3 is 0 Å². The van der Waals surface area contributed by atoms with E-state index in [1.807, 2.05) is 43.3 Å². The van der Waals surface area contributed by atoms with Gasteiger partial charge in [-0.05, 0) is 73.5 Å². The quantitative estimate of drug-likeness (QED) is 0.573. The number of hydrogen-bond acceptors (Lipinski definition) is 5. The van der Waals surface area contributed by atoms with Gasteiger partial charge < -0.3 is 14.4 Å². The van der Waals surface area contributed by atoms with Crippen LogP contribution in [-0.4, -0.2) is 34.7 Å². The van der Waals surface area contributed by atoms with Crippen LogP contribution in [0.4, 0.5) is 11.4 Å². The van der Waals surface area contributed by atoms with Crippen molar-refractivity contribution < 1.29 is 17.9 Å². The van der Waals surface area contributed by atoms with Crippen molar-refractivity contribution in [2.24, 2.45) is 0 Å². The van der Waals surface area contributed by atoms with Crippen molar-refractivity contribution in [3.63, 3.8) is 0 Å². The minimum atomic E-state index is -3.69. The topological polar surface area (TPSA) is 67.9 Å². The number of benzene rings is 3. The van der Waals surface area contributed by atoms with E-state index in [1.165, 1.54) is 0 Å². The number of sulfonamides is 1. The Morgan fingerprint density at radius 3 is 2.32 bits per heavy atom. The zero-order chi connectivity index (χ0) is 21.8. The van der Waals surface area contributed by atoms with Crippen molar-refractivity contribution in [3.05, 3.63) is 78.4 Å². The van der Waals surface area contributed by atoms with Crippen LogP contribution in [0.15, 0.2) is 77.7 Å². The molecule has 1 heterocycles. The first-order valence-electron chi connectivity index (χ1n) is 10.2. The normalized spacial score (nSPS) is 16.3. The third-order valence-electron chi connectivity index (χ3n) is 5.42. The summed E-state index contributed by atoms with van der Waals surface area (Å²) < 4.78 is 39.4. The smallest absolute Gasteiger partial charge is 0.261 e. The minimum Gasteiger partial charge on any atom is -0.457 e. The number of anilines is 2. The van der Waals surface area contributed by atoms with Gasteiger partial charge in [-0.15, -0.1) is 0 Å². The number of ether oxygens (including phenoxy) is 2. The van der Waals surface area contributed by atoms with Crippen LogP contribution in [0.5, 0.6) is 11.5 Å². The average Bonchev–Trinajstić information content (AvgIpc) is 3.25. The van der Waals surface area contributed by atoms with Crippen LogP contribution in [0.2, 0.25) is 0 Å². The Labute approximate surface area is 183 Å². The van der Waals surface area contributed by atoms with Gasteiger partial charge in [0.15, 0.2) is 0 Å². The fraction of sp³-hybridized carbons (Fsp3) is 0.250. The third-order valence-corrected chi connectivity index (χ3v) is 6.82. The predicted octanol–water partition coefficient (Wildman–Crippen LogP) is 4.81. The van der Waals surface area contributed by atoms with E-state index in [0.29, 0.717) is 11.4 Å². The Morgan fingerprint density at radius 2 is 1.68 bits per heavy atom. The van der Waals surface area contributed by atoms with E-state index in [4.69, 9.17) is 9.47 Å². The summed E-state index contributed by atoms with van der Waals surface area (Å²) in [5.74, 6) is 1.32. The van der Waals surface area contributed by atoms with E-state index >= 15 is 0 Å². The van der Waals surface area contributed by atoms with E-state index < -0.39 is 10.0 Å². The van der Waals surface area contributed by atoms with Gasteiger partial charge in [-0.1, -0.05) is 18.2 Å². The number of hydrogen-bond donors (Lipinski definition) is 1. The fourth-order valence-electron chi connectivity index (χ4n) is 3.59. The first-order valence-corrected chi connectivity index (χ1v) is 11.7. The van der Waals surface area contributed by atoms with Gasteiger partial charge in [-0.25, -0.2) is 8.42 Å². The van der Waals surface area contributed by atoms with Crippen LogP contribution in [0.25, 0.3) is 0 Å². The molecule has 0 amide bonds. The van der Waals surface area contributed by atoms with Gasteiger partial charge in [0.2, 0.25) is 0 Å². The second-order valence-corrected chi connectivity index (χ2v) is 9.27. The largest absolute Gasteiger partial charge is 0.457 e. The second-order valence-electron chi connectivity index (χ2n) is 7.58. The maximum absolute atomic E-state index is 12.8. The lowest BCUT2D eigenvalue weighted by atomic mass is 10.2. The van der Waals surface area contributed by atoms with Crippen molar-refractivity contribution in [2.75, 3.05) is 29.8 Å². The number of nitrogens with one attached hydrogen (secondary N) is 1. The van der Waals surface area contributed by atoms with Gasteiger partial charge in [-0.3, -0.25) is 4.72 Å². The Bertz CT molecular complexity index is 1130. The van der Waals surface area contributed by atoms with Gasteiger partial charge in [0, 0.05) is 31.6 Å². The summed E-state index contributed by atoms with van der Waals surface area (Å²) in [6, 6.07) is 21.5. The molecule has 6 nitrogen and oxygen atoms in total. The van der Waals surface area contributed by atoms with Gasteiger partial charge in [0.25, 0.3) is 10.0 Å². The first kappa shape index (κ1) is 21.2. The number of rotatable bonds is 7. The van der Waals surface area contributed by atoms with E-state index in [0.717, 1.165) is 36.5 Å². The van der Waals surface area contributed by atoms with Crippen LogP contribution >= 0.6 is 0 Å². The highest BCUT2D eigenvalue weighted by Crippen LogP contribution is 2.27. The molecular formula is C24H26N2O4S. The van der Waals surface area contributed by atoms with Crippen LogP contribution in [0.3, 0.4) is 0 Å². The highest BCUT2D eigenvalue weighted by Gasteiger charge is 2.22. The van der Waals surface area contributed by atoms with E-state index in [2.05, 4.69) is 9.62 Å². The van der Waals surface area contributed by atoms with Crippen LogP contribution in [0.1, 0.15) is 12.0 Å². The molecule has 1 saturated heterocycles. The van der Waals surface area contributed by atoms with Crippen LogP contribution in [0, 0.1) is 6.92 Å². The lowest BCUT2D eigenvalue weighted by Crippen LogP contribution is -2.22. The molecule has 0 saturated carbocycles. The zero-order valence-corrected chi connectivity index (χ0v) is 18.4. The molecule has 4 rings (SSSR count). The molecule has 0 aliphatic carbocycles.